The van der Waals surface area contributed by atoms with Crippen LogP contribution in [0.4, 0.5) is 0 Å². The molecule has 21 heavy (non-hydrogen) atoms. The van der Waals surface area contributed by atoms with Gasteiger partial charge in [-0.05, 0) is 0 Å². The molecule has 0 bridgehead atoms. The van der Waals surface area contributed by atoms with Crippen molar-refractivity contribution in [2.75, 3.05) is 26.8 Å². The van der Waals surface area contributed by atoms with Crippen LogP contribution in [0.1, 0.15) is 10.4 Å². The topological polar surface area (TPSA) is 142 Å². The Morgan fingerprint density at radius 2 is 2.29 bits per heavy atom. The average molecular weight is 318 g/mol. The Kier molecular flexibility index (Phi) is 4.25. The van der Waals surface area contributed by atoms with Crippen LogP contribution in [0.5, 0.6) is 0 Å². The number of amides is 1. The minimum Gasteiger partial charge on any atom is -0.478 e. The van der Waals surface area contributed by atoms with Gasteiger partial charge in [0.25, 0.3) is 10.0 Å². The Labute approximate surface area is 120 Å². The van der Waals surface area contributed by atoms with Crippen molar-refractivity contribution in [2.45, 2.75) is 11.1 Å². The molecule has 11 heteroatoms. The fourth-order valence-corrected chi connectivity index (χ4v) is 3.62. The number of aromatic carboxylic acids is 1. The summed E-state index contributed by atoms with van der Waals surface area (Å²) >= 11 is 0. The van der Waals surface area contributed by atoms with Gasteiger partial charge in [-0.2, -0.15) is 9.40 Å². The summed E-state index contributed by atoms with van der Waals surface area (Å²) in [4.78, 5) is 22.8. The maximum atomic E-state index is 12.6. The molecule has 1 saturated heterocycles. The molecule has 1 atom stereocenters. The Hall–Kier alpha value is -1.98. The molecule has 0 aliphatic carbocycles. The number of ether oxygens (including phenoxy) is 1. The lowest BCUT2D eigenvalue weighted by atomic mass is 10.2. The molecule has 0 saturated carbocycles. The molecule has 116 valence electrons. The van der Waals surface area contributed by atoms with Gasteiger partial charge in [0.15, 0.2) is 5.03 Å². The van der Waals surface area contributed by atoms with Crippen LogP contribution in [0.15, 0.2) is 11.2 Å². The van der Waals surface area contributed by atoms with Gasteiger partial charge in [0.2, 0.25) is 5.91 Å². The average Bonchev–Trinajstić information content (AvgIpc) is 2.97. The molecule has 1 aliphatic heterocycles. The van der Waals surface area contributed by atoms with Crippen LogP contribution in [0.25, 0.3) is 0 Å². The van der Waals surface area contributed by atoms with E-state index < -0.39 is 38.5 Å². The summed E-state index contributed by atoms with van der Waals surface area (Å²) < 4.78 is 31.1. The number of morpholine rings is 1. The highest BCUT2D eigenvalue weighted by Gasteiger charge is 2.40. The molecular formula is C10H14N4O6S. The first-order chi connectivity index (χ1) is 9.89. The largest absolute Gasteiger partial charge is 0.478 e. The number of H-pyrrole nitrogens is 1. The van der Waals surface area contributed by atoms with Gasteiger partial charge in [-0.15, -0.1) is 0 Å². The predicted octanol–water partition coefficient (Wildman–Crippen LogP) is -1.76. The number of hydrogen-bond donors (Lipinski definition) is 3. The third kappa shape index (κ3) is 2.75. The normalized spacial score (nSPS) is 20.1. The molecule has 1 aromatic heterocycles. The number of carbonyl (C=O) groups is 2. The predicted molar refractivity (Wildman–Crippen MR) is 68.1 cm³/mol. The lowest BCUT2D eigenvalue weighted by molar-refractivity contribution is -0.128. The Balaban J connectivity index is 2.43. The molecule has 2 rings (SSSR count). The summed E-state index contributed by atoms with van der Waals surface area (Å²) in [6.07, 6.45) is 0.907. The number of likely N-dealkylation sites (N-methyl/N-ethyl adjacent to an activating group) is 1. The number of aromatic nitrogens is 2. The second kappa shape index (κ2) is 5.79. The number of aromatic amines is 1. The van der Waals surface area contributed by atoms with E-state index in [-0.39, 0.29) is 19.8 Å². The number of sulfonamides is 1. The maximum Gasteiger partial charge on any atom is 0.340 e. The summed E-state index contributed by atoms with van der Waals surface area (Å²) in [5.41, 5.74) is -0.475. The quantitative estimate of drug-likeness (QED) is 0.597. The van der Waals surface area contributed by atoms with Crippen LogP contribution in [-0.4, -0.2) is 72.8 Å². The van der Waals surface area contributed by atoms with Crippen LogP contribution >= 0.6 is 0 Å². The third-order valence-electron chi connectivity index (χ3n) is 3.03. The van der Waals surface area contributed by atoms with E-state index in [9.17, 15) is 18.0 Å². The second-order valence-electron chi connectivity index (χ2n) is 4.24. The van der Waals surface area contributed by atoms with Gasteiger partial charge >= 0.3 is 5.97 Å². The molecule has 1 aromatic rings. The van der Waals surface area contributed by atoms with E-state index in [4.69, 9.17) is 9.84 Å². The van der Waals surface area contributed by atoms with Crippen molar-refractivity contribution in [1.82, 2.24) is 19.8 Å². The molecule has 0 radical (unpaired) electrons. The van der Waals surface area contributed by atoms with E-state index >= 15 is 0 Å². The molecule has 1 amide bonds. The molecule has 1 unspecified atom stereocenters. The Morgan fingerprint density at radius 3 is 2.90 bits per heavy atom. The molecule has 2 heterocycles. The van der Waals surface area contributed by atoms with Crippen molar-refractivity contribution in [3.05, 3.63) is 11.8 Å². The number of rotatable bonds is 4. The van der Waals surface area contributed by atoms with Crippen molar-refractivity contribution >= 4 is 21.9 Å². The van der Waals surface area contributed by atoms with Gasteiger partial charge in [-0.3, -0.25) is 9.89 Å². The second-order valence-corrected chi connectivity index (χ2v) is 6.07. The van der Waals surface area contributed by atoms with E-state index in [1.54, 1.807) is 0 Å². The zero-order valence-electron chi connectivity index (χ0n) is 11.1. The van der Waals surface area contributed by atoms with Crippen LogP contribution in [0, 0.1) is 0 Å². The molecular weight excluding hydrogens is 304 g/mol. The van der Waals surface area contributed by atoms with Gasteiger partial charge in [0.05, 0.1) is 19.4 Å². The van der Waals surface area contributed by atoms with Gasteiger partial charge in [0, 0.05) is 13.6 Å². The van der Waals surface area contributed by atoms with Crippen LogP contribution in [-0.2, 0) is 19.6 Å². The van der Waals surface area contributed by atoms with Crippen LogP contribution in [0.3, 0.4) is 0 Å². The van der Waals surface area contributed by atoms with Crippen LogP contribution in [0.2, 0.25) is 0 Å². The first-order valence-corrected chi connectivity index (χ1v) is 7.41. The minimum absolute atomic E-state index is 0.0570. The fraction of sp³-hybridized carbons (Fsp3) is 0.500. The van der Waals surface area contributed by atoms with Gasteiger partial charge in [-0.25, -0.2) is 13.2 Å². The smallest absolute Gasteiger partial charge is 0.340 e. The first-order valence-electron chi connectivity index (χ1n) is 5.97. The number of carboxylic acids is 1. The number of nitrogens with zero attached hydrogens (tertiary/aromatic N) is 2. The number of carbonyl (C=O) groups excluding carboxylic acids is 1. The maximum absolute atomic E-state index is 12.6. The molecule has 1 fully saturated rings. The van der Waals surface area contributed by atoms with Crippen LogP contribution < -0.4 is 5.32 Å². The van der Waals surface area contributed by atoms with E-state index in [0.717, 1.165) is 10.5 Å². The highest BCUT2D eigenvalue weighted by Crippen LogP contribution is 2.22. The standard InChI is InChI=1S/C10H14N4O6S/c1-11-8(15)7-5-20-3-2-14(7)21(18,19)9-6(10(16)17)4-12-13-9/h4,7H,2-3,5H2,1H3,(H,11,15)(H,12,13)(H,16,17). The molecule has 10 nitrogen and oxygen atoms in total. The lowest BCUT2D eigenvalue weighted by Crippen LogP contribution is -2.55. The van der Waals surface area contributed by atoms with Gasteiger partial charge in [-0.1, -0.05) is 0 Å². The molecule has 0 spiro atoms. The Bertz CT molecular complexity index is 654. The zero-order chi connectivity index (χ0) is 15.6. The molecule has 1 aliphatic rings. The highest BCUT2D eigenvalue weighted by atomic mass is 32.2. The van der Waals surface area contributed by atoms with E-state index in [0.29, 0.717) is 0 Å². The Morgan fingerprint density at radius 1 is 1.57 bits per heavy atom. The van der Waals surface area contributed by atoms with Crippen molar-refractivity contribution in [2.24, 2.45) is 0 Å². The SMILES string of the molecule is CNC(=O)C1COCCN1S(=O)(=O)c1[nH]ncc1C(=O)O. The molecule has 0 aromatic carbocycles. The summed E-state index contributed by atoms with van der Waals surface area (Å²) in [6.45, 7) is -0.0444. The summed E-state index contributed by atoms with van der Waals surface area (Å²) in [5.74, 6) is -1.96. The van der Waals surface area contributed by atoms with E-state index in [1.807, 2.05) is 0 Å². The van der Waals surface area contributed by atoms with E-state index in [1.165, 1.54) is 7.05 Å². The van der Waals surface area contributed by atoms with E-state index in [2.05, 4.69) is 15.5 Å². The first kappa shape index (κ1) is 15.4. The van der Waals surface area contributed by atoms with Gasteiger partial charge < -0.3 is 15.2 Å². The summed E-state index contributed by atoms with van der Waals surface area (Å²) in [6, 6.07) is -1.06. The number of carboxylic acid groups (broad SMARTS) is 1. The minimum atomic E-state index is -4.21. The summed E-state index contributed by atoms with van der Waals surface area (Å²) in [7, 11) is -2.83. The lowest BCUT2D eigenvalue weighted by Gasteiger charge is -2.32. The highest BCUT2D eigenvalue weighted by molar-refractivity contribution is 7.89. The zero-order valence-corrected chi connectivity index (χ0v) is 11.9. The number of nitrogens with one attached hydrogen (secondary N) is 2. The fourth-order valence-electron chi connectivity index (χ4n) is 1.99. The number of hydrogen-bond acceptors (Lipinski definition) is 6. The summed E-state index contributed by atoms with van der Waals surface area (Å²) in [5, 5.41) is 16.4. The molecule has 3 N–H and O–H groups in total. The van der Waals surface area contributed by atoms with Crippen molar-refractivity contribution in [3.8, 4) is 0 Å². The van der Waals surface area contributed by atoms with Crippen molar-refractivity contribution < 1.29 is 27.9 Å². The van der Waals surface area contributed by atoms with Crippen molar-refractivity contribution in [1.29, 1.82) is 0 Å². The van der Waals surface area contributed by atoms with Crippen molar-refractivity contribution in [3.63, 3.8) is 0 Å². The van der Waals surface area contributed by atoms with Gasteiger partial charge in [0.1, 0.15) is 11.6 Å². The monoisotopic (exact) mass is 318 g/mol. The third-order valence-corrected chi connectivity index (χ3v) is 4.91.